The van der Waals surface area contributed by atoms with Crippen molar-refractivity contribution in [2.75, 3.05) is 58.5 Å². The van der Waals surface area contributed by atoms with E-state index >= 15 is 0 Å². The fraction of sp³-hybridized carbons (Fsp3) is 0.364. The summed E-state index contributed by atoms with van der Waals surface area (Å²) in [5, 5.41) is 10.9. The number of hydrogen-bond donors (Lipinski definition) is 1. The molecule has 2 N–H and O–H groups in total. The number of nitro benzene ring substituents is 1. The summed E-state index contributed by atoms with van der Waals surface area (Å²) in [5.74, 6) is -0.258. The Hall–Kier alpha value is -3.54. The lowest BCUT2D eigenvalue weighted by atomic mass is 10.1. The van der Waals surface area contributed by atoms with Crippen LogP contribution >= 0.6 is 0 Å². The van der Waals surface area contributed by atoms with Crippen molar-refractivity contribution in [1.82, 2.24) is 4.90 Å². The van der Waals surface area contributed by atoms with Crippen molar-refractivity contribution < 1.29 is 33.5 Å². The van der Waals surface area contributed by atoms with E-state index < -0.39 is 4.92 Å². The fourth-order valence-corrected chi connectivity index (χ4v) is 3.13. The van der Waals surface area contributed by atoms with Crippen molar-refractivity contribution in [2.24, 2.45) is 0 Å². The third-order valence-corrected chi connectivity index (χ3v) is 4.78. The summed E-state index contributed by atoms with van der Waals surface area (Å²) in [6.07, 6.45) is 0. The van der Waals surface area contributed by atoms with Gasteiger partial charge in [-0.2, -0.15) is 0 Å². The van der Waals surface area contributed by atoms with Gasteiger partial charge in [0.05, 0.1) is 68.3 Å². The van der Waals surface area contributed by atoms with Crippen molar-refractivity contribution in [3.05, 3.63) is 63.7 Å². The molecule has 1 aliphatic heterocycles. The number of nitrogen functional groups attached to an aromatic ring is 1. The zero-order chi connectivity index (χ0) is 23.6. The van der Waals surface area contributed by atoms with Gasteiger partial charge in [-0.1, -0.05) is 12.1 Å². The number of amides is 2. The number of rotatable bonds is 14. The minimum absolute atomic E-state index is 0.0771. The van der Waals surface area contributed by atoms with Crippen LogP contribution in [0.15, 0.2) is 42.5 Å². The lowest BCUT2D eigenvalue weighted by Crippen LogP contribution is -2.33. The van der Waals surface area contributed by atoms with Gasteiger partial charge >= 0.3 is 0 Å². The molecular weight excluding hydrogens is 434 g/mol. The summed E-state index contributed by atoms with van der Waals surface area (Å²) in [7, 11) is 0. The highest BCUT2D eigenvalue weighted by molar-refractivity contribution is 6.21. The summed E-state index contributed by atoms with van der Waals surface area (Å²) in [6, 6.07) is 11.0. The number of imide groups is 1. The molecule has 1 heterocycles. The maximum Gasteiger partial charge on any atom is 0.295 e. The predicted molar refractivity (Wildman–Crippen MR) is 117 cm³/mol. The Morgan fingerprint density at radius 3 is 1.94 bits per heavy atom. The first-order valence-electron chi connectivity index (χ1n) is 10.3. The Morgan fingerprint density at radius 1 is 0.818 bits per heavy atom. The number of nitrogens with zero attached hydrogens (tertiary/aromatic N) is 2. The standard InChI is InChI=1S/C22H25N3O8/c23-19-6-5-16(15-20(19)25(28)29)33-14-13-32-12-11-31-10-9-30-8-7-24-21(26)17-3-1-2-4-18(17)22(24)27/h1-6,15H,7-14,23H2. The SMILES string of the molecule is Nc1ccc(OCCOCCOCCOCCN2C(=O)c3ccccc3C2=O)cc1[N+](=O)[O-]. The molecule has 0 saturated heterocycles. The molecule has 0 unspecified atom stereocenters. The quantitative estimate of drug-likeness (QED) is 0.147. The molecule has 0 aromatic heterocycles. The highest BCUT2D eigenvalue weighted by Crippen LogP contribution is 2.26. The topological polar surface area (TPSA) is 143 Å². The van der Waals surface area contributed by atoms with Gasteiger partial charge in [0.2, 0.25) is 0 Å². The van der Waals surface area contributed by atoms with E-state index in [9.17, 15) is 19.7 Å². The van der Waals surface area contributed by atoms with Gasteiger partial charge in [0.1, 0.15) is 18.0 Å². The summed E-state index contributed by atoms with van der Waals surface area (Å²) in [4.78, 5) is 35.9. The van der Waals surface area contributed by atoms with Crippen LogP contribution in [0.1, 0.15) is 20.7 Å². The maximum atomic E-state index is 12.2. The fourth-order valence-electron chi connectivity index (χ4n) is 3.13. The molecule has 0 bridgehead atoms. The molecule has 0 radical (unpaired) electrons. The largest absolute Gasteiger partial charge is 0.491 e. The lowest BCUT2D eigenvalue weighted by molar-refractivity contribution is -0.384. The zero-order valence-corrected chi connectivity index (χ0v) is 17.9. The van der Waals surface area contributed by atoms with Gasteiger partial charge in [0.15, 0.2) is 0 Å². The second-order valence-corrected chi connectivity index (χ2v) is 6.97. The number of fused-ring (bicyclic) bond motifs is 1. The van der Waals surface area contributed by atoms with E-state index in [4.69, 9.17) is 24.7 Å². The van der Waals surface area contributed by atoms with E-state index in [0.29, 0.717) is 43.3 Å². The van der Waals surface area contributed by atoms with Gasteiger partial charge in [-0.3, -0.25) is 24.6 Å². The van der Waals surface area contributed by atoms with Gasteiger partial charge in [-0.05, 0) is 24.3 Å². The van der Waals surface area contributed by atoms with Crippen molar-refractivity contribution in [1.29, 1.82) is 0 Å². The highest BCUT2D eigenvalue weighted by Gasteiger charge is 2.34. The van der Waals surface area contributed by atoms with Crippen molar-refractivity contribution in [3.63, 3.8) is 0 Å². The lowest BCUT2D eigenvalue weighted by Gasteiger charge is -2.13. The summed E-state index contributed by atoms with van der Waals surface area (Å²) < 4.78 is 21.6. The van der Waals surface area contributed by atoms with Crippen LogP contribution in [0.4, 0.5) is 11.4 Å². The summed E-state index contributed by atoms with van der Waals surface area (Å²) >= 11 is 0. The van der Waals surface area contributed by atoms with Gasteiger partial charge in [0, 0.05) is 0 Å². The van der Waals surface area contributed by atoms with E-state index in [-0.39, 0.29) is 49.6 Å². The first-order chi connectivity index (χ1) is 16.0. The van der Waals surface area contributed by atoms with E-state index in [1.807, 2.05) is 0 Å². The van der Waals surface area contributed by atoms with Gasteiger partial charge in [0.25, 0.3) is 17.5 Å². The smallest absolute Gasteiger partial charge is 0.295 e. The van der Waals surface area contributed by atoms with Crippen LogP contribution in [-0.2, 0) is 14.2 Å². The second-order valence-electron chi connectivity index (χ2n) is 6.97. The average Bonchev–Trinajstić information content (AvgIpc) is 3.05. The molecule has 2 amide bonds. The number of benzene rings is 2. The molecule has 0 fully saturated rings. The number of nitro groups is 1. The monoisotopic (exact) mass is 459 g/mol. The molecule has 0 aliphatic carbocycles. The van der Waals surface area contributed by atoms with Crippen LogP contribution in [0, 0.1) is 10.1 Å². The van der Waals surface area contributed by atoms with E-state index in [1.165, 1.54) is 17.0 Å². The molecule has 1 aliphatic rings. The zero-order valence-electron chi connectivity index (χ0n) is 17.9. The number of anilines is 1. The third kappa shape index (κ3) is 6.48. The number of carbonyl (C=O) groups excluding carboxylic acids is 2. The molecule has 0 saturated carbocycles. The molecule has 11 nitrogen and oxygen atoms in total. The Bertz CT molecular complexity index is 962. The Morgan fingerprint density at radius 2 is 1.36 bits per heavy atom. The van der Waals surface area contributed by atoms with Gasteiger partial charge < -0.3 is 24.7 Å². The molecule has 0 spiro atoms. The molecule has 2 aromatic rings. The molecule has 3 rings (SSSR count). The van der Waals surface area contributed by atoms with E-state index in [1.54, 1.807) is 30.3 Å². The number of ether oxygens (including phenoxy) is 4. The predicted octanol–water partition coefficient (Wildman–Crippen LogP) is 1.90. The molecule has 11 heteroatoms. The van der Waals surface area contributed by atoms with Crippen molar-refractivity contribution in [3.8, 4) is 5.75 Å². The van der Waals surface area contributed by atoms with Crippen molar-refractivity contribution >= 4 is 23.2 Å². The summed E-state index contributed by atoms with van der Waals surface area (Å²) in [6.45, 7) is 2.30. The first-order valence-corrected chi connectivity index (χ1v) is 10.3. The first kappa shape index (κ1) is 24.1. The third-order valence-electron chi connectivity index (χ3n) is 4.78. The Kier molecular flexibility index (Phi) is 8.70. The maximum absolute atomic E-state index is 12.2. The molecule has 33 heavy (non-hydrogen) atoms. The minimum Gasteiger partial charge on any atom is -0.491 e. The van der Waals surface area contributed by atoms with Crippen LogP contribution in [0.25, 0.3) is 0 Å². The molecule has 176 valence electrons. The summed E-state index contributed by atoms with van der Waals surface area (Å²) in [5.41, 5.74) is 6.25. The van der Waals surface area contributed by atoms with Crippen LogP contribution in [-0.4, -0.2) is 74.4 Å². The highest BCUT2D eigenvalue weighted by atomic mass is 16.6. The van der Waals surface area contributed by atoms with Crippen LogP contribution < -0.4 is 10.5 Å². The van der Waals surface area contributed by atoms with Gasteiger partial charge in [-0.15, -0.1) is 0 Å². The van der Waals surface area contributed by atoms with Crippen LogP contribution in [0.5, 0.6) is 5.75 Å². The van der Waals surface area contributed by atoms with E-state index in [0.717, 1.165) is 0 Å². The second kappa shape index (κ2) is 11.9. The number of hydrogen-bond acceptors (Lipinski definition) is 9. The van der Waals surface area contributed by atoms with E-state index in [2.05, 4.69) is 0 Å². The normalized spacial score (nSPS) is 12.8. The van der Waals surface area contributed by atoms with Crippen LogP contribution in [0.3, 0.4) is 0 Å². The van der Waals surface area contributed by atoms with Crippen LogP contribution in [0.2, 0.25) is 0 Å². The molecule has 0 atom stereocenters. The molecule has 2 aromatic carbocycles. The average molecular weight is 459 g/mol. The van der Waals surface area contributed by atoms with Gasteiger partial charge in [-0.25, -0.2) is 0 Å². The minimum atomic E-state index is -0.565. The number of carbonyl (C=O) groups is 2. The Balaban J connectivity index is 1.18. The molecular formula is C22H25N3O8. The Labute approximate surface area is 190 Å². The van der Waals surface area contributed by atoms with Crippen molar-refractivity contribution in [2.45, 2.75) is 0 Å². The number of nitrogens with two attached hydrogens (primary N) is 1.